The number of fused-ring (bicyclic) bond motifs is 1. The Hall–Kier alpha value is -3.90. The van der Waals surface area contributed by atoms with Crippen LogP contribution in [0.25, 0.3) is 5.57 Å². The summed E-state index contributed by atoms with van der Waals surface area (Å²) in [6, 6.07) is 27.4. The van der Waals surface area contributed by atoms with E-state index < -0.39 is 12.0 Å². The van der Waals surface area contributed by atoms with Crippen molar-refractivity contribution in [1.82, 2.24) is 9.80 Å². The number of nitrogens with two attached hydrogens (primary N) is 1. The van der Waals surface area contributed by atoms with Gasteiger partial charge in [-0.25, -0.2) is 0 Å². The Kier molecular flexibility index (Phi) is 8.42. The number of benzene rings is 3. The molecule has 0 radical (unpaired) electrons. The van der Waals surface area contributed by atoms with Crippen LogP contribution in [0.4, 0.5) is 0 Å². The van der Waals surface area contributed by atoms with E-state index in [1.807, 2.05) is 65.6 Å². The molecule has 5 rings (SSSR count). The minimum absolute atomic E-state index is 0.0517. The van der Waals surface area contributed by atoms with Crippen LogP contribution in [0.2, 0.25) is 0 Å². The first kappa shape index (κ1) is 26.7. The van der Waals surface area contributed by atoms with E-state index in [0.29, 0.717) is 37.7 Å². The largest absolute Gasteiger partial charge is 0.404 e. The van der Waals surface area contributed by atoms with Crippen LogP contribution in [-0.2, 0) is 16.0 Å². The second-order valence-electron chi connectivity index (χ2n) is 10.4. The highest BCUT2D eigenvalue weighted by Crippen LogP contribution is 2.41. The van der Waals surface area contributed by atoms with E-state index in [1.165, 1.54) is 5.56 Å². The van der Waals surface area contributed by atoms with E-state index in [1.54, 1.807) is 18.2 Å². The Morgan fingerprint density at radius 3 is 2.26 bits per heavy atom. The summed E-state index contributed by atoms with van der Waals surface area (Å²) in [6.45, 7) is 2.14. The van der Waals surface area contributed by atoms with Gasteiger partial charge in [-0.2, -0.15) is 0 Å². The van der Waals surface area contributed by atoms with Gasteiger partial charge in [0.2, 0.25) is 5.91 Å². The van der Waals surface area contributed by atoms with Gasteiger partial charge in [-0.1, -0.05) is 78.9 Å². The average molecular weight is 524 g/mol. The van der Waals surface area contributed by atoms with Gasteiger partial charge in [0.1, 0.15) is 0 Å². The number of hydrogen-bond acceptors (Lipinski definition) is 4. The Morgan fingerprint density at radius 1 is 0.949 bits per heavy atom. The quantitative estimate of drug-likeness (QED) is 0.464. The van der Waals surface area contributed by atoms with E-state index >= 15 is 0 Å². The smallest absolute Gasteiger partial charge is 0.254 e. The van der Waals surface area contributed by atoms with Crippen molar-refractivity contribution < 1.29 is 14.3 Å². The molecule has 2 atom stereocenters. The Labute approximate surface area is 231 Å². The van der Waals surface area contributed by atoms with Gasteiger partial charge in [0, 0.05) is 32.3 Å². The normalized spacial score (nSPS) is 20.1. The van der Waals surface area contributed by atoms with Crippen molar-refractivity contribution in [2.75, 3.05) is 33.4 Å². The first-order valence-electron chi connectivity index (χ1n) is 13.8. The lowest BCUT2D eigenvalue weighted by atomic mass is 9.76. The number of nitrogens with zero attached hydrogens (tertiary/aromatic N) is 2. The molecule has 39 heavy (non-hydrogen) atoms. The maximum absolute atomic E-state index is 14.5. The maximum atomic E-state index is 14.5. The third-order valence-corrected chi connectivity index (χ3v) is 8.14. The molecule has 0 aromatic heterocycles. The fourth-order valence-corrected chi connectivity index (χ4v) is 6.14. The molecule has 2 amide bonds. The number of rotatable bonds is 8. The molecule has 2 heterocycles. The predicted octanol–water partition coefficient (Wildman–Crippen LogP) is 4.72. The summed E-state index contributed by atoms with van der Waals surface area (Å²) in [5.74, 6) is -0.0599. The predicted molar refractivity (Wildman–Crippen MR) is 154 cm³/mol. The molecule has 6 nitrogen and oxygen atoms in total. The topological polar surface area (TPSA) is 75.9 Å². The standard InChI is InChI=1S/C33H37N3O3/c1-39-21-20-36-31(29(23-34)26-12-6-3-7-13-26)30(27-14-8-9-15-28(27)32(36)37)33(38)35-18-16-25(17-19-35)22-24-10-4-2-5-11-24/h2-15,23,25,30-31H,16-22,34H2,1H3/b29-23+. The van der Waals surface area contributed by atoms with Crippen LogP contribution in [0, 0.1) is 5.92 Å². The fourth-order valence-electron chi connectivity index (χ4n) is 6.14. The number of ether oxygens (including phenoxy) is 1. The molecule has 202 valence electrons. The van der Waals surface area contributed by atoms with Crippen LogP contribution in [0.3, 0.4) is 0 Å². The fraction of sp³-hybridized carbons (Fsp3) is 0.333. The number of piperidine rings is 1. The number of hydrogen-bond donors (Lipinski definition) is 1. The second-order valence-corrected chi connectivity index (χ2v) is 10.4. The van der Waals surface area contributed by atoms with Gasteiger partial charge in [0.25, 0.3) is 5.91 Å². The summed E-state index contributed by atoms with van der Waals surface area (Å²) >= 11 is 0. The zero-order valence-electron chi connectivity index (χ0n) is 22.5. The Balaban J connectivity index is 1.48. The third-order valence-electron chi connectivity index (χ3n) is 8.14. The zero-order valence-corrected chi connectivity index (χ0v) is 22.5. The number of amides is 2. The van der Waals surface area contributed by atoms with Crippen molar-refractivity contribution in [3.63, 3.8) is 0 Å². The lowest BCUT2D eigenvalue weighted by Gasteiger charge is -2.45. The number of carbonyl (C=O) groups excluding carboxylic acids is 2. The molecule has 2 unspecified atom stereocenters. The maximum Gasteiger partial charge on any atom is 0.254 e. The highest BCUT2D eigenvalue weighted by Gasteiger charge is 2.46. The van der Waals surface area contributed by atoms with E-state index in [0.717, 1.165) is 36.0 Å². The van der Waals surface area contributed by atoms with E-state index in [4.69, 9.17) is 10.5 Å². The van der Waals surface area contributed by atoms with Crippen LogP contribution in [0.5, 0.6) is 0 Å². The summed E-state index contributed by atoms with van der Waals surface area (Å²) in [5, 5.41) is 0. The number of likely N-dealkylation sites (tertiary alicyclic amines) is 1. The van der Waals surface area contributed by atoms with Crippen LogP contribution in [0.15, 0.2) is 91.1 Å². The SMILES string of the molecule is COCCN1C(=O)c2ccccc2C(C(=O)N2CCC(Cc3ccccc3)CC2)C1/C(=C/N)c1ccccc1. The summed E-state index contributed by atoms with van der Waals surface area (Å²) < 4.78 is 5.38. The lowest BCUT2D eigenvalue weighted by molar-refractivity contribution is -0.135. The summed E-state index contributed by atoms with van der Waals surface area (Å²) in [4.78, 5) is 32.1. The summed E-state index contributed by atoms with van der Waals surface area (Å²) in [5.41, 5.74) is 10.6. The molecule has 1 saturated heterocycles. The molecule has 0 bridgehead atoms. The number of carbonyl (C=O) groups is 2. The van der Waals surface area contributed by atoms with Gasteiger partial charge in [0.15, 0.2) is 0 Å². The summed E-state index contributed by atoms with van der Waals surface area (Å²) in [6.07, 6.45) is 4.52. The van der Waals surface area contributed by atoms with Gasteiger partial charge >= 0.3 is 0 Å². The minimum atomic E-state index is -0.559. The molecule has 2 N–H and O–H groups in total. The molecule has 0 aliphatic carbocycles. The van der Waals surface area contributed by atoms with Crippen molar-refractivity contribution in [1.29, 1.82) is 0 Å². The Bertz CT molecular complexity index is 1300. The first-order chi connectivity index (χ1) is 19.1. The molecule has 6 heteroatoms. The van der Waals surface area contributed by atoms with Crippen molar-refractivity contribution in [3.8, 4) is 0 Å². The molecular weight excluding hydrogens is 486 g/mol. The molecule has 2 aliphatic rings. The summed E-state index contributed by atoms with van der Waals surface area (Å²) in [7, 11) is 1.62. The molecular formula is C33H37N3O3. The van der Waals surface area contributed by atoms with Crippen molar-refractivity contribution >= 4 is 17.4 Å². The van der Waals surface area contributed by atoms with Gasteiger partial charge in [0.05, 0.1) is 18.6 Å². The van der Waals surface area contributed by atoms with Gasteiger partial charge < -0.3 is 20.3 Å². The highest BCUT2D eigenvalue weighted by molar-refractivity contribution is 6.03. The van der Waals surface area contributed by atoms with Crippen LogP contribution >= 0.6 is 0 Å². The lowest BCUT2D eigenvalue weighted by Crippen LogP contribution is -2.55. The van der Waals surface area contributed by atoms with E-state index in [2.05, 4.69) is 24.3 Å². The van der Waals surface area contributed by atoms with E-state index in [9.17, 15) is 9.59 Å². The van der Waals surface area contributed by atoms with Gasteiger partial charge in [-0.3, -0.25) is 9.59 Å². The number of methoxy groups -OCH3 is 1. The molecule has 0 saturated carbocycles. The molecule has 3 aromatic rings. The van der Waals surface area contributed by atoms with Gasteiger partial charge in [-0.05, 0) is 59.7 Å². The monoisotopic (exact) mass is 523 g/mol. The van der Waals surface area contributed by atoms with Crippen LogP contribution < -0.4 is 5.73 Å². The highest BCUT2D eigenvalue weighted by atomic mass is 16.5. The van der Waals surface area contributed by atoms with E-state index in [-0.39, 0.29) is 11.8 Å². The van der Waals surface area contributed by atoms with Gasteiger partial charge in [-0.15, -0.1) is 0 Å². The Morgan fingerprint density at radius 2 is 1.59 bits per heavy atom. The van der Waals surface area contributed by atoms with Crippen LogP contribution in [0.1, 0.15) is 45.8 Å². The van der Waals surface area contributed by atoms with Crippen molar-refractivity contribution in [3.05, 3.63) is 113 Å². The third kappa shape index (κ3) is 5.62. The first-order valence-corrected chi connectivity index (χ1v) is 13.8. The molecule has 1 fully saturated rings. The second kappa shape index (κ2) is 12.3. The van der Waals surface area contributed by atoms with Crippen molar-refractivity contribution in [2.45, 2.75) is 31.2 Å². The van der Waals surface area contributed by atoms with Crippen LogP contribution in [-0.4, -0.2) is 61.0 Å². The molecule has 2 aliphatic heterocycles. The zero-order chi connectivity index (χ0) is 27.2. The van der Waals surface area contributed by atoms with Crippen molar-refractivity contribution in [2.24, 2.45) is 11.7 Å². The minimum Gasteiger partial charge on any atom is -0.404 e. The average Bonchev–Trinajstić information content (AvgIpc) is 2.99. The molecule has 3 aromatic carbocycles. The molecule has 0 spiro atoms.